The van der Waals surface area contributed by atoms with Crippen molar-refractivity contribution in [3.63, 3.8) is 0 Å². The van der Waals surface area contributed by atoms with Crippen LogP contribution in [0.1, 0.15) is 32.1 Å². The van der Waals surface area contributed by atoms with Gasteiger partial charge in [-0.25, -0.2) is 0 Å². The molecule has 0 aliphatic carbocycles. The van der Waals surface area contributed by atoms with Crippen LogP contribution in [-0.4, -0.2) is 47.5 Å². The molecule has 5 nitrogen and oxygen atoms in total. The summed E-state index contributed by atoms with van der Waals surface area (Å²) in [5.74, 6) is 0.857. The monoisotopic (exact) mass is 255 g/mol. The lowest BCUT2D eigenvalue weighted by molar-refractivity contribution is 0.102. The number of likely N-dealkylation sites (N-methyl/N-ethyl adjacent to an activating group) is 1. The molecule has 2 unspecified atom stereocenters. The molecule has 0 aromatic carbocycles. The Kier molecular flexibility index (Phi) is 5.62. The van der Waals surface area contributed by atoms with Gasteiger partial charge >= 0.3 is 0 Å². The Hall–Kier alpha value is -1.07. The average Bonchev–Trinajstić information content (AvgIpc) is 2.77. The van der Waals surface area contributed by atoms with E-state index in [-0.39, 0.29) is 5.92 Å². The molecule has 0 radical (unpaired) electrons. The van der Waals surface area contributed by atoms with Crippen molar-refractivity contribution in [3.05, 3.63) is 11.9 Å². The SMILES string of the molecule is CCC(C)C(O)c1c(OC)cnn1CCN(C)C. The Morgan fingerprint density at radius 1 is 1.50 bits per heavy atom. The zero-order chi connectivity index (χ0) is 13.7. The summed E-state index contributed by atoms with van der Waals surface area (Å²) in [6, 6.07) is 0. The highest BCUT2D eigenvalue weighted by Gasteiger charge is 2.23. The molecule has 1 heterocycles. The molecule has 0 saturated carbocycles. The van der Waals surface area contributed by atoms with Crippen molar-refractivity contribution in [3.8, 4) is 5.75 Å². The van der Waals surface area contributed by atoms with E-state index in [1.165, 1.54) is 0 Å². The van der Waals surface area contributed by atoms with E-state index in [2.05, 4.69) is 16.9 Å². The quantitative estimate of drug-likeness (QED) is 0.803. The number of ether oxygens (including phenoxy) is 1. The maximum Gasteiger partial charge on any atom is 0.162 e. The Morgan fingerprint density at radius 3 is 2.67 bits per heavy atom. The molecule has 1 aromatic heterocycles. The number of aromatic nitrogens is 2. The number of hydrogen-bond acceptors (Lipinski definition) is 4. The minimum Gasteiger partial charge on any atom is -0.493 e. The fraction of sp³-hybridized carbons (Fsp3) is 0.769. The van der Waals surface area contributed by atoms with Crippen LogP contribution in [0.2, 0.25) is 0 Å². The number of aliphatic hydroxyl groups is 1. The van der Waals surface area contributed by atoms with Crippen LogP contribution in [0.15, 0.2) is 6.20 Å². The lowest BCUT2D eigenvalue weighted by Gasteiger charge is -2.20. The van der Waals surface area contributed by atoms with E-state index in [0.29, 0.717) is 5.75 Å². The second-order valence-electron chi connectivity index (χ2n) is 4.95. The van der Waals surface area contributed by atoms with Crippen molar-refractivity contribution in [1.82, 2.24) is 14.7 Å². The summed E-state index contributed by atoms with van der Waals surface area (Å²) in [4.78, 5) is 2.09. The number of methoxy groups -OCH3 is 1. The van der Waals surface area contributed by atoms with Crippen LogP contribution in [0, 0.1) is 5.92 Å². The highest BCUT2D eigenvalue weighted by molar-refractivity contribution is 5.27. The molecule has 0 aliphatic rings. The highest BCUT2D eigenvalue weighted by atomic mass is 16.5. The minimum absolute atomic E-state index is 0.189. The zero-order valence-electron chi connectivity index (χ0n) is 12.1. The summed E-state index contributed by atoms with van der Waals surface area (Å²) in [7, 11) is 5.65. The predicted molar refractivity (Wildman–Crippen MR) is 71.7 cm³/mol. The van der Waals surface area contributed by atoms with Gasteiger partial charge in [-0.1, -0.05) is 20.3 Å². The second kappa shape index (κ2) is 6.75. The van der Waals surface area contributed by atoms with E-state index in [1.54, 1.807) is 13.3 Å². The lowest BCUT2D eigenvalue weighted by Crippen LogP contribution is -2.22. The molecular formula is C13H25N3O2. The molecule has 0 amide bonds. The molecule has 1 aromatic rings. The van der Waals surface area contributed by atoms with Gasteiger partial charge in [0.25, 0.3) is 0 Å². The Labute approximate surface area is 109 Å². The largest absolute Gasteiger partial charge is 0.493 e. The fourth-order valence-electron chi connectivity index (χ4n) is 1.80. The van der Waals surface area contributed by atoms with Crippen molar-refractivity contribution in [2.45, 2.75) is 32.9 Å². The molecule has 18 heavy (non-hydrogen) atoms. The highest BCUT2D eigenvalue weighted by Crippen LogP contribution is 2.31. The molecule has 0 saturated heterocycles. The first-order valence-electron chi connectivity index (χ1n) is 6.43. The number of hydrogen-bond donors (Lipinski definition) is 1. The maximum absolute atomic E-state index is 10.4. The minimum atomic E-state index is -0.533. The van der Waals surface area contributed by atoms with E-state index >= 15 is 0 Å². The van der Waals surface area contributed by atoms with Gasteiger partial charge in [0.2, 0.25) is 0 Å². The van der Waals surface area contributed by atoms with Crippen LogP contribution < -0.4 is 4.74 Å². The van der Waals surface area contributed by atoms with Gasteiger partial charge in [-0.2, -0.15) is 5.10 Å². The molecule has 1 N–H and O–H groups in total. The van der Waals surface area contributed by atoms with Crippen LogP contribution >= 0.6 is 0 Å². The van der Waals surface area contributed by atoms with Gasteiger partial charge in [-0.15, -0.1) is 0 Å². The Bertz CT molecular complexity index is 363. The van der Waals surface area contributed by atoms with Crippen molar-refractivity contribution in [2.75, 3.05) is 27.7 Å². The van der Waals surface area contributed by atoms with Gasteiger partial charge in [0.1, 0.15) is 11.8 Å². The van der Waals surface area contributed by atoms with E-state index in [4.69, 9.17) is 4.74 Å². The topological polar surface area (TPSA) is 50.5 Å². The van der Waals surface area contributed by atoms with Gasteiger partial charge in [0, 0.05) is 6.54 Å². The van der Waals surface area contributed by atoms with Crippen molar-refractivity contribution in [2.24, 2.45) is 5.92 Å². The summed E-state index contributed by atoms with van der Waals surface area (Å²) < 4.78 is 7.13. The number of rotatable bonds is 7. The molecular weight excluding hydrogens is 230 g/mol. The Balaban J connectivity index is 2.94. The van der Waals surface area contributed by atoms with Gasteiger partial charge in [0.05, 0.1) is 19.9 Å². The van der Waals surface area contributed by atoms with E-state index in [9.17, 15) is 5.11 Å². The zero-order valence-corrected chi connectivity index (χ0v) is 12.1. The first-order valence-corrected chi connectivity index (χ1v) is 6.43. The van der Waals surface area contributed by atoms with E-state index in [0.717, 1.165) is 25.2 Å². The van der Waals surface area contributed by atoms with Gasteiger partial charge < -0.3 is 14.7 Å². The summed E-state index contributed by atoms with van der Waals surface area (Å²) in [6.45, 7) is 5.73. The number of nitrogens with zero attached hydrogens (tertiary/aromatic N) is 3. The van der Waals surface area contributed by atoms with Crippen molar-refractivity contribution < 1.29 is 9.84 Å². The average molecular weight is 255 g/mol. The van der Waals surface area contributed by atoms with Crippen LogP contribution in [0.4, 0.5) is 0 Å². The molecule has 0 bridgehead atoms. The number of aliphatic hydroxyl groups excluding tert-OH is 1. The van der Waals surface area contributed by atoms with Crippen LogP contribution in [-0.2, 0) is 6.54 Å². The van der Waals surface area contributed by atoms with Crippen molar-refractivity contribution >= 4 is 0 Å². The summed E-state index contributed by atoms with van der Waals surface area (Å²) in [5.41, 5.74) is 0.786. The fourth-order valence-corrected chi connectivity index (χ4v) is 1.80. The molecule has 0 fully saturated rings. The molecule has 0 spiro atoms. The van der Waals surface area contributed by atoms with E-state index in [1.807, 2.05) is 25.7 Å². The van der Waals surface area contributed by atoms with Crippen LogP contribution in [0.5, 0.6) is 5.75 Å². The third-order valence-corrected chi connectivity index (χ3v) is 3.29. The predicted octanol–water partition coefficient (Wildman–Crippen LogP) is 1.53. The third kappa shape index (κ3) is 3.46. The first-order chi connectivity index (χ1) is 8.51. The molecule has 5 heteroatoms. The van der Waals surface area contributed by atoms with Gasteiger partial charge in [-0.05, 0) is 20.0 Å². The third-order valence-electron chi connectivity index (χ3n) is 3.29. The normalized spacial score (nSPS) is 14.8. The second-order valence-corrected chi connectivity index (χ2v) is 4.95. The van der Waals surface area contributed by atoms with Crippen molar-refractivity contribution in [1.29, 1.82) is 0 Å². The molecule has 104 valence electrons. The summed E-state index contributed by atoms with van der Waals surface area (Å²) in [5, 5.41) is 14.7. The van der Waals surface area contributed by atoms with Crippen LogP contribution in [0.3, 0.4) is 0 Å². The van der Waals surface area contributed by atoms with Gasteiger partial charge in [-0.3, -0.25) is 4.68 Å². The smallest absolute Gasteiger partial charge is 0.162 e. The maximum atomic E-state index is 10.4. The van der Waals surface area contributed by atoms with Gasteiger partial charge in [0.15, 0.2) is 5.75 Å². The lowest BCUT2D eigenvalue weighted by atomic mass is 9.99. The van der Waals surface area contributed by atoms with E-state index < -0.39 is 6.10 Å². The molecule has 0 aliphatic heterocycles. The standard InChI is InChI=1S/C13H25N3O2/c1-6-10(2)13(17)12-11(18-5)9-14-16(12)8-7-15(3)4/h9-10,13,17H,6-8H2,1-5H3. The van der Waals surface area contributed by atoms with Crippen LogP contribution in [0.25, 0.3) is 0 Å². The molecule has 1 rings (SSSR count). The Morgan fingerprint density at radius 2 is 2.17 bits per heavy atom. The summed E-state index contributed by atoms with van der Waals surface area (Å²) in [6.07, 6.45) is 2.06. The first kappa shape index (κ1) is 15.0. The summed E-state index contributed by atoms with van der Waals surface area (Å²) >= 11 is 0. The molecule has 2 atom stereocenters.